The number of nitrogens with one attached hydrogen (secondary N) is 1. The van der Waals surface area contributed by atoms with Gasteiger partial charge in [0.1, 0.15) is 18.3 Å². The number of carbonyl (C=O) groups is 2. The molecule has 2 aromatic rings. The molecule has 3 heterocycles. The fraction of sp³-hybridized carbons (Fsp3) is 0.500. The van der Waals surface area contributed by atoms with Crippen molar-refractivity contribution in [3.63, 3.8) is 0 Å². The molecule has 0 radical (unpaired) electrons. The summed E-state index contributed by atoms with van der Waals surface area (Å²) in [4.78, 5) is 27.9. The summed E-state index contributed by atoms with van der Waals surface area (Å²) in [6, 6.07) is 1.48. The van der Waals surface area contributed by atoms with Gasteiger partial charge in [-0.25, -0.2) is 14.5 Å². The van der Waals surface area contributed by atoms with Crippen LogP contribution in [0.4, 0.5) is 37.1 Å². The van der Waals surface area contributed by atoms with Crippen molar-refractivity contribution in [3.8, 4) is 0 Å². The Bertz CT molecular complexity index is 1030. The van der Waals surface area contributed by atoms with E-state index in [1.54, 1.807) is 0 Å². The van der Waals surface area contributed by atoms with Crippen molar-refractivity contribution in [2.75, 3.05) is 25.0 Å². The Morgan fingerprint density at radius 3 is 2.61 bits per heavy atom. The Morgan fingerprint density at radius 2 is 2.00 bits per heavy atom. The molecule has 1 N–H and O–H groups in total. The van der Waals surface area contributed by atoms with Crippen LogP contribution in [0, 0.1) is 0 Å². The third kappa shape index (κ3) is 6.27. The summed E-state index contributed by atoms with van der Waals surface area (Å²) >= 11 is 0. The lowest BCUT2D eigenvalue weighted by atomic mass is 10.1. The zero-order valence-electron chi connectivity index (χ0n) is 16.6. The summed E-state index contributed by atoms with van der Waals surface area (Å²) in [6.45, 7) is -3.01. The highest BCUT2D eigenvalue weighted by Gasteiger charge is 2.40. The fourth-order valence-electron chi connectivity index (χ4n) is 2.77. The van der Waals surface area contributed by atoms with Gasteiger partial charge < -0.3 is 9.47 Å². The highest BCUT2D eigenvalue weighted by atomic mass is 19.4. The van der Waals surface area contributed by atoms with E-state index in [1.807, 2.05) is 0 Å². The van der Waals surface area contributed by atoms with E-state index in [2.05, 4.69) is 25.8 Å². The Kier molecular flexibility index (Phi) is 6.71. The lowest BCUT2D eigenvalue weighted by Crippen LogP contribution is -2.35. The number of amides is 2. The molecule has 17 heteroatoms. The summed E-state index contributed by atoms with van der Waals surface area (Å²) in [5.41, 5.74) is -1.98. The molecule has 1 fully saturated rings. The van der Waals surface area contributed by atoms with Gasteiger partial charge in [0.2, 0.25) is 5.95 Å². The molecule has 2 aromatic heterocycles. The van der Waals surface area contributed by atoms with Gasteiger partial charge in [0.05, 0.1) is 31.0 Å². The number of hydrogen-bond donors (Lipinski definition) is 1. The van der Waals surface area contributed by atoms with E-state index in [4.69, 9.17) is 9.47 Å². The SMILES string of the molecule is Cn1nnnc1NC(=O)c1ccc(C(F)(F)F)nc1COCC1CN(CC(F)(F)F)C(=O)O1. The van der Waals surface area contributed by atoms with Gasteiger partial charge in [0.25, 0.3) is 5.91 Å². The van der Waals surface area contributed by atoms with Crippen LogP contribution in [0.3, 0.4) is 0 Å². The normalized spacial score (nSPS) is 16.8. The van der Waals surface area contributed by atoms with Crippen LogP contribution < -0.4 is 5.32 Å². The van der Waals surface area contributed by atoms with E-state index in [-0.39, 0.29) is 11.5 Å². The van der Waals surface area contributed by atoms with Crippen LogP contribution >= 0.6 is 0 Å². The van der Waals surface area contributed by atoms with E-state index in [0.29, 0.717) is 11.0 Å². The first-order chi connectivity index (χ1) is 15.3. The number of alkyl halides is 6. The number of halogens is 6. The first-order valence-corrected chi connectivity index (χ1v) is 9.04. The van der Waals surface area contributed by atoms with Gasteiger partial charge in [0.15, 0.2) is 0 Å². The van der Waals surface area contributed by atoms with Crippen LogP contribution in [0.15, 0.2) is 12.1 Å². The zero-order valence-corrected chi connectivity index (χ0v) is 16.6. The maximum atomic E-state index is 13.1. The number of nitrogens with zero attached hydrogens (tertiary/aromatic N) is 6. The van der Waals surface area contributed by atoms with Crippen LogP contribution in [-0.4, -0.2) is 74.1 Å². The van der Waals surface area contributed by atoms with Gasteiger partial charge in [-0.05, 0) is 22.6 Å². The maximum Gasteiger partial charge on any atom is 0.433 e. The lowest BCUT2D eigenvalue weighted by Gasteiger charge is -2.15. The molecule has 1 atom stereocenters. The number of rotatable bonds is 7. The number of anilines is 1. The standard InChI is InChI=1S/C16H15F6N7O4/c1-28-13(25-26-27-28)24-12(30)9-2-3-11(16(20,21)22)23-10(9)6-32-5-8-4-29(14(31)33-8)7-15(17,18)19/h2-3,8H,4-7H2,1H3,(H,24,25,27,30). The van der Waals surface area contributed by atoms with Gasteiger partial charge in [-0.1, -0.05) is 5.10 Å². The highest BCUT2D eigenvalue weighted by molar-refractivity contribution is 6.04. The van der Waals surface area contributed by atoms with Gasteiger partial charge >= 0.3 is 18.4 Å². The van der Waals surface area contributed by atoms with Crippen molar-refractivity contribution in [1.29, 1.82) is 0 Å². The van der Waals surface area contributed by atoms with Gasteiger partial charge in [-0.3, -0.25) is 15.0 Å². The summed E-state index contributed by atoms with van der Waals surface area (Å²) in [7, 11) is 1.41. The average Bonchev–Trinajstić information content (AvgIpc) is 3.24. The molecule has 1 saturated heterocycles. The Morgan fingerprint density at radius 1 is 1.27 bits per heavy atom. The first-order valence-electron chi connectivity index (χ1n) is 9.04. The largest absolute Gasteiger partial charge is 0.442 e. The molecule has 1 aliphatic heterocycles. The molecule has 0 spiro atoms. The van der Waals surface area contributed by atoms with E-state index >= 15 is 0 Å². The van der Waals surface area contributed by atoms with E-state index < -0.39 is 68.1 Å². The molecule has 1 unspecified atom stereocenters. The molecule has 180 valence electrons. The Labute approximate surface area is 180 Å². The summed E-state index contributed by atoms with van der Waals surface area (Å²) < 4.78 is 87.6. The van der Waals surface area contributed by atoms with E-state index in [1.165, 1.54) is 7.05 Å². The number of ether oxygens (including phenoxy) is 2. The first kappa shape index (κ1) is 24.1. The van der Waals surface area contributed by atoms with Crippen molar-refractivity contribution in [2.45, 2.75) is 25.1 Å². The predicted molar refractivity (Wildman–Crippen MR) is 93.5 cm³/mol. The molecule has 11 nitrogen and oxygen atoms in total. The number of aryl methyl sites for hydroxylation is 1. The van der Waals surface area contributed by atoms with Gasteiger partial charge in [-0.15, -0.1) is 0 Å². The van der Waals surface area contributed by atoms with Crippen LogP contribution in [0.2, 0.25) is 0 Å². The second-order valence-electron chi connectivity index (χ2n) is 6.79. The molecular weight excluding hydrogens is 468 g/mol. The van der Waals surface area contributed by atoms with E-state index in [0.717, 1.165) is 10.7 Å². The molecule has 3 rings (SSSR count). The van der Waals surface area contributed by atoms with Gasteiger partial charge in [0, 0.05) is 7.05 Å². The predicted octanol–water partition coefficient (Wildman–Crippen LogP) is 1.78. The Hall–Kier alpha value is -3.50. The second kappa shape index (κ2) is 9.16. The highest BCUT2D eigenvalue weighted by Crippen LogP contribution is 2.29. The summed E-state index contributed by atoms with van der Waals surface area (Å²) in [6.07, 6.45) is -11.7. The number of tetrazole rings is 1. The van der Waals surface area contributed by atoms with Crippen molar-refractivity contribution < 1.29 is 45.4 Å². The van der Waals surface area contributed by atoms with Crippen LogP contribution in [-0.2, 0) is 29.3 Å². The maximum absolute atomic E-state index is 13.1. The molecule has 33 heavy (non-hydrogen) atoms. The minimum absolute atomic E-state index is 0.0885. The number of cyclic esters (lactones) is 1. The summed E-state index contributed by atoms with van der Waals surface area (Å²) in [5, 5.41) is 12.6. The third-order valence-electron chi connectivity index (χ3n) is 4.22. The van der Waals surface area contributed by atoms with Crippen molar-refractivity contribution in [3.05, 3.63) is 29.1 Å². The minimum Gasteiger partial charge on any atom is -0.442 e. The van der Waals surface area contributed by atoms with Gasteiger partial charge in [-0.2, -0.15) is 26.3 Å². The topological polar surface area (TPSA) is 124 Å². The van der Waals surface area contributed by atoms with Crippen molar-refractivity contribution in [2.24, 2.45) is 7.05 Å². The molecule has 0 aromatic carbocycles. The average molecular weight is 483 g/mol. The monoisotopic (exact) mass is 483 g/mol. The number of aromatic nitrogens is 5. The quantitative estimate of drug-likeness (QED) is 0.591. The minimum atomic E-state index is -4.81. The molecule has 1 aliphatic rings. The fourth-order valence-corrected chi connectivity index (χ4v) is 2.77. The van der Waals surface area contributed by atoms with Crippen LogP contribution in [0.1, 0.15) is 21.7 Å². The van der Waals surface area contributed by atoms with Crippen LogP contribution in [0.25, 0.3) is 0 Å². The smallest absolute Gasteiger partial charge is 0.433 e. The molecule has 0 saturated carbocycles. The molecule has 0 bridgehead atoms. The summed E-state index contributed by atoms with van der Waals surface area (Å²) in [5.74, 6) is -0.967. The molecule has 0 aliphatic carbocycles. The lowest BCUT2D eigenvalue weighted by molar-refractivity contribution is -0.141. The van der Waals surface area contributed by atoms with Crippen molar-refractivity contribution in [1.82, 2.24) is 30.1 Å². The third-order valence-corrected chi connectivity index (χ3v) is 4.22. The molecule has 2 amide bonds. The Balaban J connectivity index is 1.69. The number of hydrogen-bond acceptors (Lipinski definition) is 8. The van der Waals surface area contributed by atoms with E-state index in [9.17, 15) is 35.9 Å². The number of pyridine rings is 1. The second-order valence-corrected chi connectivity index (χ2v) is 6.79. The number of carbonyl (C=O) groups excluding carboxylic acids is 2. The van der Waals surface area contributed by atoms with Crippen LogP contribution in [0.5, 0.6) is 0 Å². The van der Waals surface area contributed by atoms with Crippen molar-refractivity contribution >= 4 is 17.9 Å². The molecular formula is C16H15F6N7O4. The zero-order chi connectivity index (χ0) is 24.4.